The van der Waals surface area contributed by atoms with E-state index in [2.05, 4.69) is 13.5 Å². The Kier molecular flexibility index (Phi) is 3.97. The molecular weight excluding hydrogens is 202 g/mol. The molecule has 0 radical (unpaired) electrons. The van der Waals surface area contributed by atoms with Crippen LogP contribution in [0, 0.1) is 0 Å². The van der Waals surface area contributed by atoms with E-state index in [9.17, 15) is 0 Å². The van der Waals surface area contributed by atoms with Crippen LogP contribution in [-0.4, -0.2) is 0 Å². The smallest absolute Gasteiger partial charge is 0.0931 e. The highest BCUT2D eigenvalue weighted by Crippen LogP contribution is 2.28. The van der Waals surface area contributed by atoms with E-state index in [1.165, 1.54) is 5.57 Å². The number of hydrogen-bond acceptors (Lipinski definition) is 2. The van der Waals surface area contributed by atoms with Gasteiger partial charge >= 0.3 is 0 Å². The molecule has 0 aliphatic carbocycles. The van der Waals surface area contributed by atoms with Crippen molar-refractivity contribution in [2.24, 2.45) is 5.73 Å². The van der Waals surface area contributed by atoms with Crippen molar-refractivity contribution in [1.82, 2.24) is 0 Å². The molecular formula is C10H14ClNS. The molecule has 1 nitrogen and oxygen atoms in total. The molecule has 1 aromatic heterocycles. The van der Waals surface area contributed by atoms with Crippen molar-refractivity contribution in [3.05, 3.63) is 33.5 Å². The van der Waals surface area contributed by atoms with Crippen LogP contribution in [0.2, 0.25) is 4.34 Å². The second-order valence-electron chi connectivity index (χ2n) is 3.06. The van der Waals surface area contributed by atoms with Crippen molar-refractivity contribution in [2.45, 2.75) is 25.8 Å². The van der Waals surface area contributed by atoms with Crippen LogP contribution in [0.5, 0.6) is 0 Å². The first-order chi connectivity index (χ1) is 6.13. The number of halogens is 1. The molecule has 0 aliphatic rings. The summed E-state index contributed by atoms with van der Waals surface area (Å²) in [7, 11) is 0. The third kappa shape index (κ3) is 3.14. The van der Waals surface area contributed by atoms with Gasteiger partial charge in [0.2, 0.25) is 0 Å². The molecule has 72 valence electrons. The first-order valence-corrected chi connectivity index (χ1v) is 5.50. The summed E-state index contributed by atoms with van der Waals surface area (Å²) in [6, 6.07) is 3.93. The molecule has 0 bridgehead atoms. The van der Waals surface area contributed by atoms with Gasteiger partial charge in [0.05, 0.1) is 4.34 Å². The van der Waals surface area contributed by atoms with Crippen LogP contribution >= 0.6 is 22.9 Å². The molecule has 1 heterocycles. The average molecular weight is 216 g/mol. The summed E-state index contributed by atoms with van der Waals surface area (Å²) in [5.41, 5.74) is 7.17. The van der Waals surface area contributed by atoms with Crippen LogP contribution < -0.4 is 5.73 Å². The quantitative estimate of drug-likeness (QED) is 0.761. The van der Waals surface area contributed by atoms with Gasteiger partial charge in [-0.05, 0) is 25.0 Å². The van der Waals surface area contributed by atoms with Crippen LogP contribution in [0.4, 0.5) is 0 Å². The van der Waals surface area contributed by atoms with Gasteiger partial charge in [0.1, 0.15) is 0 Å². The molecule has 13 heavy (non-hydrogen) atoms. The Bertz CT molecular complexity index is 293. The Morgan fingerprint density at radius 3 is 2.85 bits per heavy atom. The first kappa shape index (κ1) is 10.8. The molecule has 0 aliphatic heterocycles. The summed E-state index contributed by atoms with van der Waals surface area (Å²) < 4.78 is 0.799. The lowest BCUT2D eigenvalue weighted by molar-refractivity contribution is 0.714. The monoisotopic (exact) mass is 215 g/mol. The summed E-state index contributed by atoms with van der Waals surface area (Å²) in [6.07, 6.45) is 1.85. The molecule has 0 aromatic carbocycles. The Labute approximate surface area is 88.2 Å². The molecule has 2 N–H and O–H groups in total. The van der Waals surface area contributed by atoms with Crippen molar-refractivity contribution < 1.29 is 0 Å². The molecule has 3 heteroatoms. The van der Waals surface area contributed by atoms with Gasteiger partial charge in [-0.25, -0.2) is 0 Å². The predicted molar refractivity (Wildman–Crippen MR) is 60.3 cm³/mol. The highest BCUT2D eigenvalue weighted by atomic mass is 35.5. The zero-order chi connectivity index (χ0) is 9.84. The van der Waals surface area contributed by atoms with E-state index in [0.717, 1.165) is 22.1 Å². The molecule has 1 atom stereocenters. The van der Waals surface area contributed by atoms with Crippen LogP contribution in [-0.2, 0) is 0 Å². The van der Waals surface area contributed by atoms with Crippen molar-refractivity contribution in [1.29, 1.82) is 0 Å². The molecule has 0 saturated carbocycles. The fourth-order valence-electron chi connectivity index (χ4n) is 1.08. The summed E-state index contributed by atoms with van der Waals surface area (Å²) >= 11 is 7.36. The van der Waals surface area contributed by atoms with Crippen molar-refractivity contribution in [3.8, 4) is 0 Å². The highest BCUT2D eigenvalue weighted by molar-refractivity contribution is 7.16. The topological polar surface area (TPSA) is 26.0 Å². The molecule has 0 fully saturated rings. The summed E-state index contributed by atoms with van der Waals surface area (Å²) in [5, 5.41) is 0. The van der Waals surface area contributed by atoms with E-state index >= 15 is 0 Å². The first-order valence-electron chi connectivity index (χ1n) is 4.31. The van der Waals surface area contributed by atoms with E-state index in [1.54, 1.807) is 11.3 Å². The van der Waals surface area contributed by atoms with Crippen LogP contribution in [0.1, 0.15) is 30.7 Å². The summed E-state index contributed by atoms with van der Waals surface area (Å²) in [6.45, 7) is 6.03. The Balaban J connectivity index is 2.58. The maximum atomic E-state index is 5.98. The fraction of sp³-hybridized carbons (Fsp3) is 0.400. The van der Waals surface area contributed by atoms with Gasteiger partial charge in [-0.1, -0.05) is 30.7 Å². The minimum absolute atomic E-state index is 0.0601. The lowest BCUT2D eigenvalue weighted by Crippen LogP contribution is -2.08. The average Bonchev–Trinajstić information content (AvgIpc) is 2.51. The number of hydrogen-bond donors (Lipinski definition) is 1. The lowest BCUT2D eigenvalue weighted by atomic mass is 10.1. The molecule has 1 rings (SSSR count). The summed E-state index contributed by atoms with van der Waals surface area (Å²) in [5.74, 6) is 0. The van der Waals surface area contributed by atoms with Gasteiger partial charge in [-0.3, -0.25) is 0 Å². The van der Waals surface area contributed by atoms with Crippen molar-refractivity contribution >= 4 is 22.9 Å². The van der Waals surface area contributed by atoms with Gasteiger partial charge in [-0.2, -0.15) is 0 Å². The van der Waals surface area contributed by atoms with E-state index in [0.29, 0.717) is 0 Å². The van der Waals surface area contributed by atoms with E-state index < -0.39 is 0 Å². The third-order valence-corrected chi connectivity index (χ3v) is 3.33. The van der Waals surface area contributed by atoms with Gasteiger partial charge in [0.15, 0.2) is 0 Å². The Morgan fingerprint density at radius 1 is 1.69 bits per heavy atom. The van der Waals surface area contributed by atoms with E-state index in [-0.39, 0.29) is 6.04 Å². The van der Waals surface area contributed by atoms with Gasteiger partial charge in [-0.15, -0.1) is 11.3 Å². The van der Waals surface area contributed by atoms with Crippen LogP contribution in [0.3, 0.4) is 0 Å². The highest BCUT2D eigenvalue weighted by Gasteiger charge is 2.09. The Morgan fingerprint density at radius 2 is 2.38 bits per heavy atom. The molecule has 1 aromatic rings. The zero-order valence-corrected chi connectivity index (χ0v) is 9.29. The van der Waals surface area contributed by atoms with Crippen LogP contribution in [0.15, 0.2) is 24.3 Å². The number of rotatable bonds is 4. The SMILES string of the molecule is C=C(CC)CC(N)c1ccc(Cl)s1. The number of nitrogens with two attached hydrogens (primary N) is 1. The normalized spacial score (nSPS) is 12.8. The maximum Gasteiger partial charge on any atom is 0.0931 e. The second-order valence-corrected chi connectivity index (χ2v) is 4.80. The number of thiophene rings is 1. The van der Waals surface area contributed by atoms with Gasteiger partial charge < -0.3 is 5.73 Å². The molecule has 1 unspecified atom stereocenters. The van der Waals surface area contributed by atoms with Crippen LogP contribution in [0.25, 0.3) is 0 Å². The molecule has 0 saturated heterocycles. The van der Waals surface area contributed by atoms with Crippen molar-refractivity contribution in [3.63, 3.8) is 0 Å². The standard InChI is InChI=1S/C10H14ClNS/c1-3-7(2)6-8(12)9-4-5-10(11)13-9/h4-5,8H,2-3,6,12H2,1H3. The fourth-order valence-corrected chi connectivity index (χ4v) is 2.15. The lowest BCUT2D eigenvalue weighted by Gasteiger charge is -2.09. The van der Waals surface area contributed by atoms with Gasteiger partial charge in [0.25, 0.3) is 0 Å². The van der Waals surface area contributed by atoms with E-state index in [4.69, 9.17) is 17.3 Å². The Hall–Kier alpha value is -0.310. The third-order valence-electron chi connectivity index (χ3n) is 1.97. The largest absolute Gasteiger partial charge is 0.323 e. The zero-order valence-electron chi connectivity index (χ0n) is 7.72. The minimum Gasteiger partial charge on any atom is -0.323 e. The van der Waals surface area contributed by atoms with Gasteiger partial charge in [0, 0.05) is 10.9 Å². The predicted octanol–water partition coefficient (Wildman–Crippen LogP) is 3.76. The maximum absolute atomic E-state index is 5.98. The van der Waals surface area contributed by atoms with E-state index in [1.807, 2.05) is 12.1 Å². The molecule has 0 spiro atoms. The second kappa shape index (κ2) is 4.80. The van der Waals surface area contributed by atoms with Crippen molar-refractivity contribution in [2.75, 3.05) is 0 Å². The minimum atomic E-state index is 0.0601. The summed E-state index contributed by atoms with van der Waals surface area (Å²) in [4.78, 5) is 1.14. The molecule has 0 amide bonds.